The van der Waals surface area contributed by atoms with Crippen LogP contribution >= 0.6 is 0 Å². The second kappa shape index (κ2) is 7.61. The second-order valence-electron chi connectivity index (χ2n) is 4.75. The molecule has 0 radical (unpaired) electrons. The van der Waals surface area contributed by atoms with Gasteiger partial charge in [-0.05, 0) is 38.1 Å². The SMILES string of the molecule is CCOC(=O)c1cnn(-c2ccc(NC=C(C#N)C#N)cc2)c1C. The first-order valence-corrected chi connectivity index (χ1v) is 7.19. The number of anilines is 1. The van der Waals surface area contributed by atoms with Gasteiger partial charge in [0.25, 0.3) is 0 Å². The van der Waals surface area contributed by atoms with Gasteiger partial charge in [-0.15, -0.1) is 0 Å². The highest BCUT2D eigenvalue weighted by atomic mass is 16.5. The number of benzene rings is 1. The third-order valence-electron chi connectivity index (χ3n) is 3.24. The number of ether oxygens (including phenoxy) is 1. The molecule has 7 heteroatoms. The maximum Gasteiger partial charge on any atom is 0.341 e. The number of hydrogen-bond donors (Lipinski definition) is 1. The van der Waals surface area contributed by atoms with Gasteiger partial charge in [0.15, 0.2) is 0 Å². The van der Waals surface area contributed by atoms with Crippen molar-refractivity contribution in [2.45, 2.75) is 13.8 Å². The highest BCUT2D eigenvalue weighted by molar-refractivity contribution is 5.90. The lowest BCUT2D eigenvalue weighted by Crippen LogP contribution is -2.06. The molecule has 1 N–H and O–H groups in total. The van der Waals surface area contributed by atoms with Crippen LogP contribution in [0.1, 0.15) is 23.0 Å². The summed E-state index contributed by atoms with van der Waals surface area (Å²) in [5.41, 5.74) is 2.59. The van der Waals surface area contributed by atoms with Crippen molar-refractivity contribution in [1.82, 2.24) is 9.78 Å². The van der Waals surface area contributed by atoms with Crippen LogP contribution in [0.4, 0.5) is 5.69 Å². The Bertz CT molecular complexity index is 835. The molecule has 7 nitrogen and oxygen atoms in total. The average molecular weight is 321 g/mol. The fraction of sp³-hybridized carbons (Fsp3) is 0.176. The minimum Gasteiger partial charge on any atom is -0.462 e. The predicted octanol–water partition coefficient (Wildman–Crippen LogP) is 2.70. The molecule has 0 aliphatic rings. The van der Waals surface area contributed by atoms with E-state index in [1.807, 2.05) is 12.1 Å². The van der Waals surface area contributed by atoms with E-state index in [2.05, 4.69) is 10.4 Å². The van der Waals surface area contributed by atoms with Crippen molar-refractivity contribution in [1.29, 1.82) is 10.5 Å². The summed E-state index contributed by atoms with van der Waals surface area (Å²) in [6.45, 7) is 3.85. The lowest BCUT2D eigenvalue weighted by atomic mass is 10.2. The van der Waals surface area contributed by atoms with Crippen molar-refractivity contribution in [3.8, 4) is 17.8 Å². The van der Waals surface area contributed by atoms with Crippen LogP contribution < -0.4 is 5.32 Å². The highest BCUT2D eigenvalue weighted by Crippen LogP contribution is 2.17. The first kappa shape index (κ1) is 16.8. The molecule has 0 atom stereocenters. The van der Waals surface area contributed by atoms with Gasteiger partial charge < -0.3 is 10.1 Å². The first-order chi connectivity index (χ1) is 11.6. The number of nitriles is 2. The molecule has 0 saturated carbocycles. The van der Waals surface area contributed by atoms with E-state index >= 15 is 0 Å². The van der Waals surface area contributed by atoms with Crippen LogP contribution in [0.15, 0.2) is 42.2 Å². The number of carbonyl (C=O) groups is 1. The number of aromatic nitrogens is 2. The van der Waals surface area contributed by atoms with Gasteiger partial charge in [-0.2, -0.15) is 15.6 Å². The Hall–Kier alpha value is -3.58. The van der Waals surface area contributed by atoms with Crippen molar-refractivity contribution in [3.63, 3.8) is 0 Å². The smallest absolute Gasteiger partial charge is 0.341 e. The predicted molar refractivity (Wildman–Crippen MR) is 87.2 cm³/mol. The van der Waals surface area contributed by atoms with Gasteiger partial charge in [0, 0.05) is 11.9 Å². The molecule has 0 spiro atoms. The van der Waals surface area contributed by atoms with E-state index in [0.717, 1.165) is 11.4 Å². The topological polar surface area (TPSA) is 104 Å². The zero-order chi connectivity index (χ0) is 17.5. The molecule has 1 aromatic heterocycles. The summed E-state index contributed by atoms with van der Waals surface area (Å²) >= 11 is 0. The number of rotatable bonds is 5. The summed E-state index contributed by atoms with van der Waals surface area (Å²) < 4.78 is 6.63. The van der Waals surface area contributed by atoms with E-state index in [0.29, 0.717) is 17.9 Å². The summed E-state index contributed by atoms with van der Waals surface area (Å²) in [5, 5.41) is 24.5. The minimum absolute atomic E-state index is 0.0129. The molecule has 0 aliphatic carbocycles. The number of nitrogens with one attached hydrogen (secondary N) is 1. The Morgan fingerprint density at radius 2 is 2.00 bits per heavy atom. The van der Waals surface area contributed by atoms with Gasteiger partial charge in [0.1, 0.15) is 23.3 Å². The van der Waals surface area contributed by atoms with Crippen LogP contribution in [0.2, 0.25) is 0 Å². The van der Waals surface area contributed by atoms with Crippen LogP contribution in [-0.4, -0.2) is 22.4 Å². The van der Waals surface area contributed by atoms with E-state index in [9.17, 15) is 4.79 Å². The van der Waals surface area contributed by atoms with Crippen molar-refractivity contribution in [2.75, 3.05) is 11.9 Å². The Kier molecular flexibility index (Phi) is 5.32. The van der Waals surface area contributed by atoms with Crippen molar-refractivity contribution in [3.05, 3.63) is 53.5 Å². The second-order valence-corrected chi connectivity index (χ2v) is 4.75. The van der Waals surface area contributed by atoms with Crippen LogP contribution in [0.5, 0.6) is 0 Å². The number of allylic oxidation sites excluding steroid dienone is 1. The zero-order valence-electron chi connectivity index (χ0n) is 13.3. The fourth-order valence-electron chi connectivity index (χ4n) is 2.02. The van der Waals surface area contributed by atoms with E-state index in [4.69, 9.17) is 15.3 Å². The molecular weight excluding hydrogens is 306 g/mol. The average Bonchev–Trinajstić information content (AvgIpc) is 2.98. The summed E-state index contributed by atoms with van der Waals surface area (Å²) in [6, 6.07) is 10.7. The van der Waals surface area contributed by atoms with Crippen molar-refractivity contribution >= 4 is 11.7 Å². The molecular formula is C17H15N5O2. The Morgan fingerprint density at radius 1 is 1.33 bits per heavy atom. The number of hydrogen-bond acceptors (Lipinski definition) is 6. The highest BCUT2D eigenvalue weighted by Gasteiger charge is 2.15. The third-order valence-corrected chi connectivity index (χ3v) is 3.24. The van der Waals surface area contributed by atoms with Crippen LogP contribution in [0.25, 0.3) is 5.69 Å². The maximum atomic E-state index is 11.8. The maximum absolute atomic E-state index is 11.8. The monoisotopic (exact) mass is 321 g/mol. The van der Waals surface area contributed by atoms with E-state index in [-0.39, 0.29) is 5.57 Å². The summed E-state index contributed by atoms with van der Waals surface area (Å²) in [7, 11) is 0. The van der Waals surface area contributed by atoms with Crippen LogP contribution in [0.3, 0.4) is 0 Å². The van der Waals surface area contributed by atoms with Crippen LogP contribution in [-0.2, 0) is 4.74 Å². The van der Waals surface area contributed by atoms with Gasteiger partial charge in [-0.1, -0.05) is 0 Å². The standard InChI is InChI=1S/C17H15N5O2/c1-3-24-17(23)16-11-21-22(12(16)2)15-6-4-14(5-7-15)20-10-13(8-18)9-19/h4-7,10-11,20H,3H2,1-2H3. The molecule has 0 bridgehead atoms. The minimum atomic E-state index is -0.398. The fourth-order valence-corrected chi connectivity index (χ4v) is 2.02. The molecule has 0 aliphatic heterocycles. The molecule has 1 aromatic carbocycles. The molecule has 2 aromatic rings. The van der Waals surface area contributed by atoms with Gasteiger partial charge in [0.05, 0.1) is 24.2 Å². The van der Waals surface area contributed by atoms with Gasteiger partial charge in [-0.3, -0.25) is 0 Å². The lowest BCUT2D eigenvalue weighted by Gasteiger charge is -2.07. The van der Waals surface area contributed by atoms with Crippen LogP contribution in [0, 0.1) is 29.6 Å². The number of carbonyl (C=O) groups excluding carboxylic acids is 1. The molecule has 0 saturated heterocycles. The summed E-state index contributed by atoms with van der Waals surface area (Å²) in [6.07, 6.45) is 2.82. The lowest BCUT2D eigenvalue weighted by molar-refractivity contribution is 0.0525. The quantitative estimate of drug-likeness (QED) is 0.670. The van der Waals surface area contributed by atoms with E-state index in [1.165, 1.54) is 12.4 Å². The normalized spacial score (nSPS) is 9.50. The van der Waals surface area contributed by atoms with E-state index in [1.54, 1.807) is 42.8 Å². The summed E-state index contributed by atoms with van der Waals surface area (Å²) in [4.78, 5) is 11.8. The Balaban J connectivity index is 2.20. The molecule has 24 heavy (non-hydrogen) atoms. The number of nitrogens with zero attached hydrogens (tertiary/aromatic N) is 4. The molecule has 1 heterocycles. The molecule has 120 valence electrons. The van der Waals surface area contributed by atoms with E-state index < -0.39 is 5.97 Å². The third kappa shape index (κ3) is 3.60. The Morgan fingerprint density at radius 3 is 2.58 bits per heavy atom. The van der Waals surface area contributed by atoms with Gasteiger partial charge in [0.2, 0.25) is 0 Å². The summed E-state index contributed by atoms with van der Waals surface area (Å²) in [5.74, 6) is -0.398. The molecule has 0 unspecified atom stereocenters. The first-order valence-electron chi connectivity index (χ1n) is 7.19. The van der Waals surface area contributed by atoms with Gasteiger partial charge in [-0.25, -0.2) is 9.48 Å². The zero-order valence-corrected chi connectivity index (χ0v) is 13.3. The molecule has 0 amide bonds. The van der Waals surface area contributed by atoms with Crippen molar-refractivity contribution < 1.29 is 9.53 Å². The Labute approximate surface area is 139 Å². The van der Waals surface area contributed by atoms with Gasteiger partial charge >= 0.3 is 5.97 Å². The largest absolute Gasteiger partial charge is 0.462 e. The molecule has 2 rings (SSSR count). The van der Waals surface area contributed by atoms with Crippen molar-refractivity contribution in [2.24, 2.45) is 0 Å². The molecule has 0 fully saturated rings. The number of esters is 1.